The molecule has 2 aliphatic heterocycles. The number of hydrogen-bond acceptors (Lipinski definition) is 4. The number of nitrogens with zero attached hydrogens (tertiary/aromatic N) is 1. The van der Waals surface area contributed by atoms with Crippen LogP contribution < -0.4 is 9.47 Å². The van der Waals surface area contributed by atoms with Gasteiger partial charge in [0.1, 0.15) is 5.54 Å². The van der Waals surface area contributed by atoms with Crippen molar-refractivity contribution in [3.63, 3.8) is 0 Å². The van der Waals surface area contributed by atoms with E-state index in [1.54, 1.807) is 26.0 Å². The van der Waals surface area contributed by atoms with Gasteiger partial charge in [0.25, 0.3) is 0 Å². The van der Waals surface area contributed by atoms with E-state index in [1.165, 1.54) is 0 Å². The van der Waals surface area contributed by atoms with Crippen LogP contribution in [0, 0.1) is 0 Å². The second-order valence-electron chi connectivity index (χ2n) is 7.22. The minimum atomic E-state index is -0.556. The summed E-state index contributed by atoms with van der Waals surface area (Å²) in [5, 5.41) is 0. The quantitative estimate of drug-likeness (QED) is 0.595. The maximum atomic E-state index is 13.3. The number of fused-ring (bicyclic) bond motifs is 3. The molecule has 3 aromatic rings. The molecule has 2 heterocycles. The molecule has 0 bridgehead atoms. The topological polar surface area (TPSA) is 38.8 Å². The zero-order chi connectivity index (χ0) is 20.0. The zero-order valence-electron chi connectivity index (χ0n) is 16.3. The summed E-state index contributed by atoms with van der Waals surface area (Å²) in [4.78, 5) is 16.4. The summed E-state index contributed by atoms with van der Waals surface area (Å²) in [6.07, 6.45) is 0. The molecule has 0 N–H and O–H groups in total. The largest absolute Gasteiger partial charge is 0.493 e. The first-order chi connectivity index (χ1) is 14.2. The lowest BCUT2D eigenvalue weighted by Gasteiger charge is -2.60. The van der Waals surface area contributed by atoms with Gasteiger partial charge in [0.15, 0.2) is 11.5 Å². The van der Waals surface area contributed by atoms with Crippen molar-refractivity contribution < 1.29 is 14.3 Å². The third-order valence-corrected chi connectivity index (χ3v) is 6.98. The van der Waals surface area contributed by atoms with Crippen molar-refractivity contribution in [2.24, 2.45) is 0 Å². The normalized spacial score (nSPS) is 22.3. The molecule has 0 unspecified atom stereocenters. The fraction of sp³-hybridized carbons (Fsp3) is 0.208. The Morgan fingerprint density at radius 1 is 0.931 bits per heavy atom. The van der Waals surface area contributed by atoms with E-state index in [0.29, 0.717) is 17.4 Å². The molecule has 0 saturated carbocycles. The lowest BCUT2D eigenvalue weighted by Crippen LogP contribution is -2.68. The number of benzene rings is 3. The Bertz CT molecular complexity index is 1070. The molecule has 1 fully saturated rings. The highest BCUT2D eigenvalue weighted by atomic mass is 32.2. The number of rotatable bonds is 4. The number of amides is 1. The van der Waals surface area contributed by atoms with E-state index in [2.05, 4.69) is 12.1 Å². The van der Waals surface area contributed by atoms with Crippen molar-refractivity contribution in [2.75, 3.05) is 20.1 Å². The van der Waals surface area contributed by atoms with Crippen molar-refractivity contribution >= 4 is 17.7 Å². The molecule has 5 heteroatoms. The average molecular weight is 404 g/mol. The Morgan fingerprint density at radius 3 is 2.21 bits per heavy atom. The van der Waals surface area contributed by atoms with Crippen LogP contribution in [0.4, 0.5) is 0 Å². The third kappa shape index (κ3) is 2.43. The summed E-state index contributed by atoms with van der Waals surface area (Å²) >= 11 is 1.66. The fourth-order valence-electron chi connectivity index (χ4n) is 4.68. The van der Waals surface area contributed by atoms with Crippen LogP contribution in [0.25, 0.3) is 0 Å². The molecule has 1 saturated heterocycles. The van der Waals surface area contributed by atoms with Gasteiger partial charge in [-0.3, -0.25) is 4.79 Å². The highest BCUT2D eigenvalue weighted by Gasteiger charge is 2.64. The van der Waals surface area contributed by atoms with Gasteiger partial charge in [-0.1, -0.05) is 60.7 Å². The molecule has 5 rings (SSSR count). The molecular weight excluding hydrogens is 382 g/mol. The predicted molar refractivity (Wildman–Crippen MR) is 114 cm³/mol. The number of carbonyl (C=O) groups is 1. The van der Waals surface area contributed by atoms with Gasteiger partial charge in [0.05, 0.1) is 26.0 Å². The first-order valence-corrected chi connectivity index (χ1v) is 10.5. The molecule has 2 aliphatic rings. The lowest BCUT2D eigenvalue weighted by molar-refractivity contribution is -0.157. The fourth-order valence-corrected chi connectivity index (χ4v) is 5.84. The smallest absolute Gasteiger partial charge is 0.234 e. The van der Waals surface area contributed by atoms with Crippen molar-refractivity contribution in [1.29, 1.82) is 0 Å². The average Bonchev–Trinajstić information content (AvgIpc) is 2.78. The number of β-lactam (4-membered cyclic amide) rings is 1. The maximum Gasteiger partial charge on any atom is 0.234 e. The van der Waals surface area contributed by atoms with Gasteiger partial charge in [0.2, 0.25) is 5.91 Å². The summed E-state index contributed by atoms with van der Waals surface area (Å²) < 4.78 is 11.2. The van der Waals surface area contributed by atoms with Crippen LogP contribution in [0.3, 0.4) is 0 Å². The predicted octanol–water partition coefficient (Wildman–Crippen LogP) is 4.64. The van der Waals surface area contributed by atoms with Crippen molar-refractivity contribution in [3.05, 3.63) is 89.5 Å². The number of thioether (sulfide) groups is 1. The van der Waals surface area contributed by atoms with E-state index < -0.39 is 5.54 Å². The Hall–Kier alpha value is -2.92. The molecule has 2 atom stereocenters. The van der Waals surface area contributed by atoms with Crippen molar-refractivity contribution in [3.8, 4) is 11.5 Å². The summed E-state index contributed by atoms with van der Waals surface area (Å²) in [6, 6.07) is 24.5. The molecule has 4 nitrogen and oxygen atoms in total. The monoisotopic (exact) mass is 403 g/mol. The number of ether oxygens (including phenoxy) is 2. The molecule has 0 spiro atoms. The van der Waals surface area contributed by atoms with Gasteiger partial charge in [-0.05, 0) is 23.3 Å². The highest BCUT2D eigenvalue weighted by Crippen LogP contribution is 2.61. The van der Waals surface area contributed by atoms with Crippen molar-refractivity contribution in [1.82, 2.24) is 4.90 Å². The van der Waals surface area contributed by atoms with Crippen LogP contribution in [-0.4, -0.2) is 30.9 Å². The van der Waals surface area contributed by atoms with Crippen LogP contribution in [0.1, 0.15) is 22.6 Å². The van der Waals surface area contributed by atoms with E-state index in [0.717, 1.165) is 21.6 Å². The molecular formula is C24H21NO3S. The van der Waals surface area contributed by atoms with E-state index >= 15 is 0 Å². The lowest BCUT2D eigenvalue weighted by atomic mass is 9.62. The maximum absolute atomic E-state index is 13.3. The van der Waals surface area contributed by atoms with Gasteiger partial charge in [0, 0.05) is 10.5 Å². The van der Waals surface area contributed by atoms with Gasteiger partial charge >= 0.3 is 0 Å². The van der Waals surface area contributed by atoms with Crippen LogP contribution >= 0.6 is 11.8 Å². The molecule has 146 valence electrons. The number of methoxy groups -OCH3 is 2. The van der Waals surface area contributed by atoms with Gasteiger partial charge in [-0.25, -0.2) is 0 Å². The van der Waals surface area contributed by atoms with Crippen LogP contribution in [0.2, 0.25) is 0 Å². The van der Waals surface area contributed by atoms with Crippen molar-refractivity contribution in [2.45, 2.75) is 16.4 Å². The first kappa shape index (κ1) is 18.1. The SMILES string of the molecule is COc1cc2c(cc1OC)[C@]1(c3ccccc3)[C@H](c3ccccc3)C(=O)N1CS2. The van der Waals surface area contributed by atoms with E-state index in [9.17, 15) is 4.79 Å². The Labute approximate surface area is 174 Å². The van der Waals surface area contributed by atoms with E-state index in [-0.39, 0.29) is 11.8 Å². The minimum Gasteiger partial charge on any atom is -0.493 e. The molecule has 3 aromatic carbocycles. The highest BCUT2D eigenvalue weighted by molar-refractivity contribution is 7.99. The molecule has 1 amide bonds. The minimum absolute atomic E-state index is 0.160. The van der Waals surface area contributed by atoms with Gasteiger partial charge in [-0.15, -0.1) is 11.8 Å². The van der Waals surface area contributed by atoms with Crippen LogP contribution in [0.15, 0.2) is 77.7 Å². The summed E-state index contributed by atoms with van der Waals surface area (Å²) in [5.74, 6) is 1.88. The van der Waals surface area contributed by atoms with Gasteiger partial charge in [-0.2, -0.15) is 0 Å². The van der Waals surface area contributed by atoms with E-state index in [4.69, 9.17) is 9.47 Å². The number of carbonyl (C=O) groups excluding carboxylic acids is 1. The van der Waals surface area contributed by atoms with Crippen LogP contribution in [0.5, 0.6) is 11.5 Å². The number of hydrogen-bond donors (Lipinski definition) is 0. The molecule has 0 aliphatic carbocycles. The molecule has 0 radical (unpaired) electrons. The Balaban J connectivity index is 1.81. The summed E-state index contributed by atoms with van der Waals surface area (Å²) in [6.45, 7) is 0. The Morgan fingerprint density at radius 2 is 1.55 bits per heavy atom. The first-order valence-electron chi connectivity index (χ1n) is 9.53. The van der Waals surface area contributed by atoms with Gasteiger partial charge < -0.3 is 14.4 Å². The third-order valence-electron chi connectivity index (χ3n) is 5.95. The van der Waals surface area contributed by atoms with Crippen LogP contribution in [-0.2, 0) is 10.3 Å². The summed E-state index contributed by atoms with van der Waals surface area (Å²) in [5.41, 5.74) is 2.68. The second kappa shape index (κ2) is 6.85. The Kier molecular flexibility index (Phi) is 4.28. The molecule has 29 heavy (non-hydrogen) atoms. The summed E-state index contributed by atoms with van der Waals surface area (Å²) in [7, 11) is 3.30. The molecule has 0 aromatic heterocycles. The standard InChI is InChI=1S/C24H21NO3S/c1-27-19-13-18-21(14-20(19)28-2)29-15-25-23(26)22(16-9-5-3-6-10-16)24(18,25)17-11-7-4-8-12-17/h3-14,22H,15H2,1-2H3/t22-,24-/m1/s1. The second-order valence-corrected chi connectivity index (χ2v) is 8.21. The zero-order valence-corrected chi connectivity index (χ0v) is 17.1. The van der Waals surface area contributed by atoms with E-state index in [1.807, 2.05) is 65.6 Å².